The van der Waals surface area contributed by atoms with Crippen LogP contribution >= 0.6 is 11.3 Å². The molecule has 1 N–H and O–H groups in total. The van der Waals surface area contributed by atoms with E-state index in [1.54, 1.807) is 24.3 Å². The maximum atomic E-state index is 12.7. The SMILES string of the molecule is COc1cc(/C=C/C(=O)c2ccc(Cc3ccccc3)s2)ccc1OCC(=O)Nc1ccc(C)cc1. The maximum Gasteiger partial charge on any atom is 0.262 e. The van der Waals surface area contributed by atoms with Crippen molar-refractivity contribution < 1.29 is 19.1 Å². The third-order valence-electron chi connectivity index (χ3n) is 5.43. The molecule has 0 aliphatic rings. The Bertz CT molecular complexity index is 1360. The molecule has 0 radical (unpaired) electrons. The van der Waals surface area contributed by atoms with Gasteiger partial charge in [0.05, 0.1) is 12.0 Å². The number of amides is 1. The molecule has 5 nitrogen and oxygen atoms in total. The molecule has 0 spiro atoms. The van der Waals surface area contributed by atoms with Crippen molar-refractivity contribution in [3.05, 3.63) is 117 Å². The molecule has 6 heteroatoms. The first-order chi connectivity index (χ1) is 17.5. The highest BCUT2D eigenvalue weighted by Gasteiger charge is 2.10. The fourth-order valence-corrected chi connectivity index (χ4v) is 4.50. The summed E-state index contributed by atoms with van der Waals surface area (Å²) in [6, 6.07) is 26.9. The van der Waals surface area contributed by atoms with E-state index < -0.39 is 0 Å². The second kappa shape index (κ2) is 12.0. The Morgan fingerprint density at radius 1 is 0.917 bits per heavy atom. The topological polar surface area (TPSA) is 64.6 Å². The van der Waals surface area contributed by atoms with Crippen LogP contribution in [0.1, 0.15) is 31.2 Å². The average Bonchev–Trinajstić information content (AvgIpc) is 3.36. The molecule has 0 fully saturated rings. The summed E-state index contributed by atoms with van der Waals surface area (Å²) in [6.07, 6.45) is 4.11. The van der Waals surface area contributed by atoms with Crippen molar-refractivity contribution in [1.82, 2.24) is 0 Å². The molecular formula is C30H27NO4S. The number of carbonyl (C=O) groups excluding carboxylic acids is 2. The first kappa shape index (κ1) is 24.9. The largest absolute Gasteiger partial charge is 0.493 e. The molecule has 3 aromatic carbocycles. The molecule has 0 saturated heterocycles. The van der Waals surface area contributed by atoms with Gasteiger partial charge in [0, 0.05) is 17.0 Å². The van der Waals surface area contributed by atoms with Crippen LogP contribution in [0.4, 0.5) is 5.69 Å². The number of benzene rings is 3. The van der Waals surface area contributed by atoms with Crippen molar-refractivity contribution in [2.45, 2.75) is 13.3 Å². The number of allylic oxidation sites excluding steroid dienone is 1. The third-order valence-corrected chi connectivity index (χ3v) is 6.53. The number of methoxy groups -OCH3 is 1. The van der Waals surface area contributed by atoms with Gasteiger partial charge >= 0.3 is 0 Å². The number of thiophene rings is 1. The van der Waals surface area contributed by atoms with Crippen LogP contribution in [0.2, 0.25) is 0 Å². The van der Waals surface area contributed by atoms with Crippen molar-refractivity contribution >= 4 is 34.8 Å². The number of hydrogen-bond donors (Lipinski definition) is 1. The summed E-state index contributed by atoms with van der Waals surface area (Å²) >= 11 is 1.51. The van der Waals surface area contributed by atoms with E-state index in [9.17, 15) is 9.59 Å². The lowest BCUT2D eigenvalue weighted by atomic mass is 10.1. The zero-order chi connectivity index (χ0) is 25.3. The molecule has 0 aliphatic carbocycles. The Morgan fingerprint density at radius 2 is 1.69 bits per heavy atom. The summed E-state index contributed by atoms with van der Waals surface area (Å²) in [5, 5.41) is 2.80. The van der Waals surface area contributed by atoms with Crippen molar-refractivity contribution in [3.63, 3.8) is 0 Å². The minimum Gasteiger partial charge on any atom is -0.493 e. The molecule has 0 atom stereocenters. The number of anilines is 1. The molecule has 1 amide bonds. The van der Waals surface area contributed by atoms with Crippen LogP contribution in [-0.2, 0) is 11.2 Å². The average molecular weight is 498 g/mol. The lowest BCUT2D eigenvalue weighted by Crippen LogP contribution is -2.20. The molecular weight excluding hydrogens is 470 g/mol. The number of ether oxygens (including phenoxy) is 2. The Kier molecular flexibility index (Phi) is 8.32. The standard InChI is InChI=1S/C30H27NO4S/c1-21-8-12-24(13-9-21)31-30(33)20-35-27-16-11-23(19-28(27)34-2)10-15-26(32)29-17-14-25(36-29)18-22-6-4-3-5-7-22/h3-17,19H,18,20H2,1-2H3,(H,31,33)/b15-10+. The third kappa shape index (κ3) is 6.93. The van der Waals surface area contributed by atoms with Gasteiger partial charge in [-0.2, -0.15) is 0 Å². The van der Waals surface area contributed by atoms with Crippen molar-refractivity contribution in [2.75, 3.05) is 19.0 Å². The highest BCUT2D eigenvalue weighted by molar-refractivity contribution is 7.14. The minimum atomic E-state index is -0.266. The number of nitrogens with one attached hydrogen (secondary N) is 1. The summed E-state index contributed by atoms with van der Waals surface area (Å²) < 4.78 is 11.1. The smallest absolute Gasteiger partial charge is 0.262 e. The first-order valence-electron chi connectivity index (χ1n) is 11.5. The zero-order valence-electron chi connectivity index (χ0n) is 20.2. The molecule has 4 rings (SSSR count). The van der Waals surface area contributed by atoms with E-state index in [0.717, 1.165) is 22.4 Å². The van der Waals surface area contributed by atoms with Crippen LogP contribution in [0.3, 0.4) is 0 Å². The molecule has 182 valence electrons. The van der Waals surface area contributed by atoms with Gasteiger partial charge in [0.2, 0.25) is 0 Å². The van der Waals surface area contributed by atoms with Gasteiger partial charge in [0.15, 0.2) is 23.9 Å². The summed E-state index contributed by atoms with van der Waals surface area (Å²) in [4.78, 5) is 26.7. The summed E-state index contributed by atoms with van der Waals surface area (Å²) in [6.45, 7) is 1.84. The number of ketones is 1. The van der Waals surface area contributed by atoms with Gasteiger partial charge in [0.25, 0.3) is 5.91 Å². The van der Waals surface area contributed by atoms with Gasteiger partial charge in [0.1, 0.15) is 0 Å². The predicted octanol–water partition coefficient (Wildman–Crippen LogP) is 6.57. The summed E-state index contributed by atoms with van der Waals surface area (Å²) in [7, 11) is 1.53. The van der Waals surface area contributed by atoms with E-state index in [2.05, 4.69) is 17.4 Å². The van der Waals surface area contributed by atoms with Gasteiger partial charge in [-0.1, -0.05) is 60.2 Å². The first-order valence-corrected chi connectivity index (χ1v) is 12.3. The highest BCUT2D eigenvalue weighted by Crippen LogP contribution is 2.29. The van der Waals surface area contributed by atoms with E-state index in [4.69, 9.17) is 9.47 Å². The summed E-state index contributed by atoms with van der Waals surface area (Å²) in [5.41, 5.74) is 3.84. The fourth-order valence-electron chi connectivity index (χ4n) is 3.54. The number of aryl methyl sites for hydroxylation is 1. The predicted molar refractivity (Wildman–Crippen MR) is 145 cm³/mol. The van der Waals surface area contributed by atoms with Crippen LogP contribution in [-0.4, -0.2) is 25.4 Å². The Labute approximate surface area is 215 Å². The number of rotatable bonds is 10. The van der Waals surface area contributed by atoms with Crippen LogP contribution in [0.25, 0.3) is 6.08 Å². The fraction of sp³-hybridized carbons (Fsp3) is 0.133. The molecule has 1 aromatic heterocycles. The molecule has 1 heterocycles. The second-order valence-electron chi connectivity index (χ2n) is 8.24. The van der Waals surface area contributed by atoms with E-state index in [1.807, 2.05) is 67.6 Å². The lowest BCUT2D eigenvalue weighted by molar-refractivity contribution is -0.118. The second-order valence-corrected chi connectivity index (χ2v) is 9.41. The van der Waals surface area contributed by atoms with E-state index >= 15 is 0 Å². The Balaban J connectivity index is 1.34. The van der Waals surface area contributed by atoms with Crippen LogP contribution in [0.5, 0.6) is 11.5 Å². The van der Waals surface area contributed by atoms with Crippen molar-refractivity contribution in [1.29, 1.82) is 0 Å². The van der Waals surface area contributed by atoms with Crippen LogP contribution in [0.15, 0.2) is 91.0 Å². The van der Waals surface area contributed by atoms with E-state index in [-0.39, 0.29) is 18.3 Å². The monoisotopic (exact) mass is 497 g/mol. The molecule has 4 aromatic rings. The maximum absolute atomic E-state index is 12.7. The molecule has 36 heavy (non-hydrogen) atoms. The Hall–Kier alpha value is -4.16. The molecule has 0 bridgehead atoms. The van der Waals surface area contributed by atoms with Gasteiger partial charge < -0.3 is 14.8 Å². The molecule has 0 aliphatic heterocycles. The van der Waals surface area contributed by atoms with Gasteiger partial charge in [-0.25, -0.2) is 0 Å². The van der Waals surface area contributed by atoms with Gasteiger partial charge in [-0.05, 0) is 60.5 Å². The van der Waals surface area contributed by atoms with Crippen molar-refractivity contribution in [3.8, 4) is 11.5 Å². The Morgan fingerprint density at radius 3 is 2.44 bits per heavy atom. The van der Waals surface area contributed by atoms with Gasteiger partial charge in [-0.15, -0.1) is 11.3 Å². The van der Waals surface area contributed by atoms with Crippen LogP contribution in [0, 0.1) is 6.92 Å². The lowest BCUT2D eigenvalue weighted by Gasteiger charge is -2.11. The zero-order valence-corrected chi connectivity index (χ0v) is 21.0. The highest BCUT2D eigenvalue weighted by atomic mass is 32.1. The number of carbonyl (C=O) groups is 2. The molecule has 0 saturated carbocycles. The van der Waals surface area contributed by atoms with E-state index in [0.29, 0.717) is 22.1 Å². The van der Waals surface area contributed by atoms with Crippen molar-refractivity contribution in [2.24, 2.45) is 0 Å². The quantitative estimate of drug-likeness (QED) is 0.199. The normalized spacial score (nSPS) is 10.8. The van der Waals surface area contributed by atoms with Crippen LogP contribution < -0.4 is 14.8 Å². The molecule has 0 unspecified atom stereocenters. The minimum absolute atomic E-state index is 0.0496. The number of hydrogen-bond acceptors (Lipinski definition) is 5. The summed E-state index contributed by atoms with van der Waals surface area (Å²) in [5.74, 6) is 0.613. The van der Waals surface area contributed by atoms with E-state index in [1.165, 1.54) is 24.0 Å². The van der Waals surface area contributed by atoms with Gasteiger partial charge in [-0.3, -0.25) is 9.59 Å².